The summed E-state index contributed by atoms with van der Waals surface area (Å²) in [5, 5.41) is 1.18. The molecule has 0 saturated carbocycles. The van der Waals surface area contributed by atoms with Gasteiger partial charge in [0.05, 0.1) is 0 Å². The fraction of sp³-hybridized carbons (Fsp3) is 0.444. The van der Waals surface area contributed by atoms with Crippen molar-refractivity contribution in [2.24, 2.45) is 0 Å². The van der Waals surface area contributed by atoms with Gasteiger partial charge >= 0.3 is 0 Å². The number of hydrogen-bond donors (Lipinski definition) is 0. The molecule has 1 heterocycles. The molecule has 0 amide bonds. The Hall–Kier alpha value is 0.230. The molecule has 0 N–H and O–H groups in total. The smallest absolute Gasteiger partial charge is 0.110 e. The fourth-order valence-electron chi connectivity index (χ4n) is 0.815. The predicted molar refractivity (Wildman–Crippen MR) is 62.7 cm³/mol. The Kier molecular flexibility index (Phi) is 4.35. The summed E-state index contributed by atoms with van der Waals surface area (Å²) in [6.07, 6.45) is 3.09. The van der Waals surface area contributed by atoms with Crippen LogP contribution in [0.3, 0.4) is 0 Å². The van der Waals surface area contributed by atoms with Gasteiger partial charge in [-0.1, -0.05) is 6.92 Å². The normalized spacial score (nSPS) is 10.2. The molecule has 0 radical (unpaired) electrons. The van der Waals surface area contributed by atoms with Crippen LogP contribution in [0.25, 0.3) is 0 Å². The Morgan fingerprint density at radius 1 is 1.58 bits per heavy atom. The van der Waals surface area contributed by atoms with E-state index in [-0.39, 0.29) is 0 Å². The largest absolute Gasteiger partial charge is 0.249 e. The van der Waals surface area contributed by atoms with Gasteiger partial charge in [-0.05, 0) is 53.3 Å². The van der Waals surface area contributed by atoms with Crippen molar-refractivity contribution in [3.63, 3.8) is 0 Å². The highest BCUT2D eigenvalue weighted by molar-refractivity contribution is 14.1. The van der Waals surface area contributed by atoms with E-state index in [1.165, 1.54) is 20.6 Å². The van der Waals surface area contributed by atoms with E-state index in [0.29, 0.717) is 0 Å². The average Bonchev–Trinajstić information content (AvgIpc) is 2.08. The summed E-state index contributed by atoms with van der Waals surface area (Å²) in [6.45, 7) is 4.31. The number of aryl methyl sites for hydroxylation is 1. The van der Waals surface area contributed by atoms with Crippen LogP contribution in [-0.2, 0) is 0 Å². The van der Waals surface area contributed by atoms with Gasteiger partial charge in [0.2, 0.25) is 0 Å². The van der Waals surface area contributed by atoms with Gasteiger partial charge in [-0.2, -0.15) is 0 Å². The van der Waals surface area contributed by atoms with E-state index in [0.717, 1.165) is 5.75 Å². The standard InChI is InChI=1S/C9H12INS/c1-3-6-12-9-8(10)7(2)4-5-11-9/h4-5H,3,6H2,1-2H3. The molecule has 12 heavy (non-hydrogen) atoms. The predicted octanol–water partition coefficient (Wildman–Crippen LogP) is 3.50. The molecule has 0 aliphatic carbocycles. The molecule has 1 aromatic rings. The molecule has 1 nitrogen and oxygen atoms in total. The minimum atomic E-state index is 1.16. The molecular weight excluding hydrogens is 281 g/mol. The van der Waals surface area contributed by atoms with Crippen molar-refractivity contribution < 1.29 is 0 Å². The zero-order valence-electron chi connectivity index (χ0n) is 7.30. The summed E-state index contributed by atoms with van der Waals surface area (Å²) in [5.41, 5.74) is 1.32. The van der Waals surface area contributed by atoms with E-state index in [9.17, 15) is 0 Å². The van der Waals surface area contributed by atoms with Gasteiger partial charge in [0, 0.05) is 9.77 Å². The van der Waals surface area contributed by atoms with Crippen LogP contribution in [0, 0.1) is 10.5 Å². The van der Waals surface area contributed by atoms with E-state index in [1.54, 1.807) is 0 Å². The minimum absolute atomic E-state index is 1.16. The molecule has 3 heteroatoms. The molecule has 0 aliphatic heterocycles. The second-order valence-corrected chi connectivity index (χ2v) is 4.76. The van der Waals surface area contributed by atoms with Crippen LogP contribution in [0.15, 0.2) is 17.3 Å². The van der Waals surface area contributed by atoms with Crippen molar-refractivity contribution >= 4 is 34.4 Å². The summed E-state index contributed by atoms with van der Waals surface area (Å²) in [5.74, 6) is 1.16. The lowest BCUT2D eigenvalue weighted by atomic mass is 10.3. The summed E-state index contributed by atoms with van der Waals surface area (Å²) in [7, 11) is 0. The number of aromatic nitrogens is 1. The first kappa shape index (κ1) is 10.3. The molecule has 66 valence electrons. The molecule has 0 unspecified atom stereocenters. The maximum Gasteiger partial charge on any atom is 0.110 e. The minimum Gasteiger partial charge on any atom is -0.249 e. The third kappa shape index (κ3) is 2.62. The molecule has 0 aromatic carbocycles. The van der Waals surface area contributed by atoms with Crippen LogP contribution >= 0.6 is 34.4 Å². The maximum absolute atomic E-state index is 4.33. The molecule has 0 atom stereocenters. The van der Waals surface area contributed by atoms with Crippen molar-refractivity contribution in [3.8, 4) is 0 Å². The van der Waals surface area contributed by atoms with Gasteiger partial charge in [-0.25, -0.2) is 4.98 Å². The summed E-state index contributed by atoms with van der Waals surface area (Å²) in [4.78, 5) is 4.33. The summed E-state index contributed by atoms with van der Waals surface area (Å²) >= 11 is 4.20. The van der Waals surface area contributed by atoms with Crippen molar-refractivity contribution in [1.82, 2.24) is 4.98 Å². The zero-order valence-corrected chi connectivity index (χ0v) is 10.3. The van der Waals surface area contributed by atoms with E-state index in [2.05, 4.69) is 47.5 Å². The van der Waals surface area contributed by atoms with Crippen LogP contribution in [0.1, 0.15) is 18.9 Å². The molecule has 0 fully saturated rings. The van der Waals surface area contributed by atoms with Gasteiger partial charge in [0.15, 0.2) is 0 Å². The van der Waals surface area contributed by atoms with Crippen LogP contribution in [0.5, 0.6) is 0 Å². The van der Waals surface area contributed by atoms with Gasteiger partial charge < -0.3 is 0 Å². The quantitative estimate of drug-likeness (QED) is 0.625. The van der Waals surface area contributed by atoms with E-state index >= 15 is 0 Å². The van der Waals surface area contributed by atoms with E-state index in [4.69, 9.17) is 0 Å². The third-order valence-corrected chi connectivity index (χ3v) is 4.42. The number of thioether (sulfide) groups is 1. The molecule has 0 bridgehead atoms. The highest BCUT2D eigenvalue weighted by atomic mass is 127. The monoisotopic (exact) mass is 293 g/mol. The number of halogens is 1. The van der Waals surface area contributed by atoms with E-state index < -0.39 is 0 Å². The van der Waals surface area contributed by atoms with Gasteiger partial charge in [0.25, 0.3) is 0 Å². The molecule has 0 aliphatic rings. The average molecular weight is 293 g/mol. The summed E-state index contributed by atoms with van der Waals surface area (Å²) < 4.78 is 1.30. The SMILES string of the molecule is CCCSc1nccc(C)c1I. The van der Waals surface area contributed by atoms with Crippen molar-refractivity contribution in [2.45, 2.75) is 25.3 Å². The fourth-order valence-corrected chi connectivity index (χ4v) is 2.42. The third-order valence-electron chi connectivity index (χ3n) is 1.49. The Bertz CT molecular complexity index is 263. The van der Waals surface area contributed by atoms with Gasteiger partial charge in [-0.15, -0.1) is 11.8 Å². The molecule has 1 rings (SSSR count). The molecule has 0 spiro atoms. The first-order valence-electron chi connectivity index (χ1n) is 3.99. The second-order valence-electron chi connectivity index (χ2n) is 2.60. The summed E-state index contributed by atoms with van der Waals surface area (Å²) in [6, 6.07) is 2.05. The van der Waals surface area contributed by atoms with Crippen LogP contribution in [-0.4, -0.2) is 10.7 Å². The Labute approximate surface area is 91.5 Å². The lowest BCUT2D eigenvalue weighted by molar-refractivity contribution is 1.06. The number of nitrogens with zero attached hydrogens (tertiary/aromatic N) is 1. The van der Waals surface area contributed by atoms with Crippen LogP contribution in [0.2, 0.25) is 0 Å². The van der Waals surface area contributed by atoms with Gasteiger partial charge in [0.1, 0.15) is 5.03 Å². The Morgan fingerprint density at radius 3 is 3.00 bits per heavy atom. The number of hydrogen-bond acceptors (Lipinski definition) is 2. The number of pyridine rings is 1. The number of rotatable bonds is 3. The van der Waals surface area contributed by atoms with Crippen molar-refractivity contribution in [1.29, 1.82) is 0 Å². The van der Waals surface area contributed by atoms with Crippen molar-refractivity contribution in [2.75, 3.05) is 5.75 Å². The van der Waals surface area contributed by atoms with Crippen LogP contribution < -0.4 is 0 Å². The molecule has 1 aromatic heterocycles. The van der Waals surface area contributed by atoms with E-state index in [1.807, 2.05) is 18.0 Å². The Balaban J connectivity index is 2.78. The Morgan fingerprint density at radius 2 is 2.33 bits per heavy atom. The van der Waals surface area contributed by atoms with Crippen LogP contribution in [0.4, 0.5) is 0 Å². The highest BCUT2D eigenvalue weighted by Gasteiger charge is 2.02. The maximum atomic E-state index is 4.33. The molecule has 0 saturated heterocycles. The van der Waals surface area contributed by atoms with Crippen molar-refractivity contribution in [3.05, 3.63) is 21.4 Å². The van der Waals surface area contributed by atoms with Gasteiger partial charge in [-0.3, -0.25) is 0 Å². The second kappa shape index (κ2) is 5.07. The topological polar surface area (TPSA) is 12.9 Å². The zero-order chi connectivity index (χ0) is 8.97. The lowest BCUT2D eigenvalue weighted by Gasteiger charge is -2.03. The highest BCUT2D eigenvalue weighted by Crippen LogP contribution is 2.24. The first-order chi connectivity index (χ1) is 5.75. The molecular formula is C9H12INS. The lowest BCUT2D eigenvalue weighted by Crippen LogP contribution is -1.89. The first-order valence-corrected chi connectivity index (χ1v) is 6.06.